The molecule has 8 nitrogen and oxygen atoms in total. The summed E-state index contributed by atoms with van der Waals surface area (Å²) in [5.41, 5.74) is 9.05. The van der Waals surface area contributed by atoms with Crippen LogP contribution in [0.1, 0.15) is 27.0 Å². The maximum Gasteiger partial charge on any atom is 0.271 e. The second-order valence-corrected chi connectivity index (χ2v) is 12.3. The molecule has 1 aromatic heterocycles. The van der Waals surface area contributed by atoms with Crippen LogP contribution in [-0.4, -0.2) is 29.6 Å². The molecule has 3 N–H and O–H groups in total. The van der Waals surface area contributed by atoms with Crippen molar-refractivity contribution in [3.63, 3.8) is 0 Å². The van der Waals surface area contributed by atoms with Crippen molar-refractivity contribution < 1.29 is 14.3 Å². The van der Waals surface area contributed by atoms with E-state index in [9.17, 15) is 9.59 Å². The molecule has 2 amide bonds. The third-order valence-electron chi connectivity index (χ3n) is 6.61. The number of carbonyl (C=O) groups excluding carboxylic acids is 2. The maximum atomic E-state index is 12.8. The van der Waals surface area contributed by atoms with Gasteiger partial charge in [0.2, 0.25) is 0 Å². The van der Waals surface area contributed by atoms with Gasteiger partial charge in [0, 0.05) is 37.9 Å². The number of nitrogens with zero attached hydrogens (tertiary/aromatic N) is 2. The third-order valence-corrected chi connectivity index (χ3v) is 8.41. The standard InChI is InChI=1S/C33H27Br2N5O3S/c1-20-7-6-10-28(21(20)2)38-30(41)18-43-31-24(15-25(34)16-27(31)35)17-36-40-32(42)23-13-11-22(12-14-23)29-19-44-33(39-29)37-26-8-4-3-5-9-26/h3-17,19H,18H2,1-2H3,(H,37,39)(H,38,41)(H,40,42)/b36-17+. The normalized spacial score (nSPS) is 10.9. The van der Waals surface area contributed by atoms with Crippen LogP contribution in [0, 0.1) is 13.8 Å². The average molecular weight is 733 g/mol. The molecule has 0 bridgehead atoms. The summed E-state index contributed by atoms with van der Waals surface area (Å²) in [7, 11) is 0. The van der Waals surface area contributed by atoms with Crippen LogP contribution in [0.15, 0.2) is 104 Å². The number of hydrogen-bond acceptors (Lipinski definition) is 7. The first kappa shape index (κ1) is 31.1. The van der Waals surface area contributed by atoms with E-state index in [2.05, 4.69) is 58.0 Å². The second-order valence-electron chi connectivity index (χ2n) is 9.70. The number of para-hydroxylation sites is 1. The average Bonchev–Trinajstić information content (AvgIpc) is 3.48. The number of hydrogen-bond donors (Lipinski definition) is 3. The molecule has 0 saturated heterocycles. The van der Waals surface area contributed by atoms with E-state index in [0.717, 1.165) is 43.4 Å². The minimum Gasteiger partial charge on any atom is -0.482 e. The van der Waals surface area contributed by atoms with E-state index in [0.29, 0.717) is 21.3 Å². The number of anilines is 3. The highest BCUT2D eigenvalue weighted by Gasteiger charge is 2.13. The topological polar surface area (TPSA) is 105 Å². The molecule has 0 aliphatic heterocycles. The molecule has 0 unspecified atom stereocenters. The molecule has 0 spiro atoms. The van der Waals surface area contributed by atoms with Crippen LogP contribution in [0.4, 0.5) is 16.5 Å². The Labute approximate surface area is 275 Å². The van der Waals surface area contributed by atoms with Gasteiger partial charge in [-0.15, -0.1) is 11.3 Å². The van der Waals surface area contributed by atoms with E-state index in [4.69, 9.17) is 4.74 Å². The van der Waals surface area contributed by atoms with Crippen LogP contribution in [0.25, 0.3) is 11.3 Å². The Balaban J connectivity index is 1.20. The largest absolute Gasteiger partial charge is 0.482 e. The number of halogens is 2. The van der Waals surface area contributed by atoms with Crippen molar-refractivity contribution in [1.29, 1.82) is 0 Å². The number of benzene rings is 4. The number of hydrazone groups is 1. The summed E-state index contributed by atoms with van der Waals surface area (Å²) in [6.07, 6.45) is 1.47. The van der Waals surface area contributed by atoms with Crippen LogP contribution in [0.5, 0.6) is 5.75 Å². The number of thiazole rings is 1. The Morgan fingerprint density at radius 2 is 1.75 bits per heavy atom. The fourth-order valence-electron chi connectivity index (χ4n) is 4.17. The van der Waals surface area contributed by atoms with Gasteiger partial charge in [-0.05, 0) is 83.4 Å². The lowest BCUT2D eigenvalue weighted by molar-refractivity contribution is -0.118. The van der Waals surface area contributed by atoms with Crippen LogP contribution in [-0.2, 0) is 4.79 Å². The Bertz CT molecular complexity index is 1830. The minimum atomic E-state index is -0.373. The molecule has 0 aliphatic rings. The zero-order valence-electron chi connectivity index (χ0n) is 23.7. The summed E-state index contributed by atoms with van der Waals surface area (Å²) in [5, 5.41) is 13.1. The molecule has 1 heterocycles. The molecule has 5 aromatic rings. The van der Waals surface area contributed by atoms with Gasteiger partial charge in [0.1, 0.15) is 5.75 Å². The van der Waals surface area contributed by atoms with Gasteiger partial charge in [0.05, 0.1) is 16.4 Å². The van der Waals surface area contributed by atoms with Gasteiger partial charge in [-0.3, -0.25) is 9.59 Å². The molecule has 0 aliphatic carbocycles. The lowest BCUT2D eigenvalue weighted by Gasteiger charge is -2.13. The Morgan fingerprint density at radius 1 is 0.977 bits per heavy atom. The molecular weight excluding hydrogens is 706 g/mol. The molecule has 0 fully saturated rings. The van der Waals surface area contributed by atoms with Crippen molar-refractivity contribution in [1.82, 2.24) is 10.4 Å². The number of nitrogens with one attached hydrogen (secondary N) is 3. The maximum absolute atomic E-state index is 12.8. The minimum absolute atomic E-state index is 0.212. The van der Waals surface area contributed by atoms with Crippen molar-refractivity contribution in [3.8, 4) is 17.0 Å². The van der Waals surface area contributed by atoms with Gasteiger partial charge < -0.3 is 15.4 Å². The van der Waals surface area contributed by atoms with Gasteiger partial charge in [0.15, 0.2) is 11.7 Å². The molecule has 222 valence electrons. The number of carbonyl (C=O) groups is 2. The Hall–Kier alpha value is -4.32. The number of rotatable bonds is 10. The number of aromatic nitrogens is 1. The summed E-state index contributed by atoms with van der Waals surface area (Å²) in [6.45, 7) is 3.73. The van der Waals surface area contributed by atoms with Crippen LogP contribution in [0.3, 0.4) is 0 Å². The summed E-state index contributed by atoms with van der Waals surface area (Å²) in [5.74, 6) is -0.257. The van der Waals surface area contributed by atoms with Crippen LogP contribution < -0.4 is 20.8 Å². The highest BCUT2D eigenvalue weighted by molar-refractivity contribution is 9.11. The lowest BCUT2D eigenvalue weighted by Crippen LogP contribution is -2.21. The van der Waals surface area contributed by atoms with Gasteiger partial charge >= 0.3 is 0 Å². The van der Waals surface area contributed by atoms with E-state index in [1.165, 1.54) is 17.6 Å². The quantitative estimate of drug-likeness (QED) is 0.0987. The molecule has 44 heavy (non-hydrogen) atoms. The molecule has 0 radical (unpaired) electrons. The van der Waals surface area contributed by atoms with Crippen LogP contribution >= 0.6 is 43.2 Å². The summed E-state index contributed by atoms with van der Waals surface area (Å²) in [6, 6.07) is 26.3. The molecule has 0 atom stereocenters. The fraction of sp³-hybridized carbons (Fsp3) is 0.0909. The summed E-state index contributed by atoms with van der Waals surface area (Å²) >= 11 is 8.47. The van der Waals surface area contributed by atoms with Crippen LogP contribution in [0.2, 0.25) is 0 Å². The van der Waals surface area contributed by atoms with E-state index in [-0.39, 0.29) is 18.4 Å². The van der Waals surface area contributed by atoms with Crippen molar-refractivity contribution in [3.05, 3.63) is 122 Å². The zero-order valence-corrected chi connectivity index (χ0v) is 27.7. The van der Waals surface area contributed by atoms with E-state index < -0.39 is 0 Å². The van der Waals surface area contributed by atoms with E-state index in [1.807, 2.05) is 79.9 Å². The van der Waals surface area contributed by atoms with Gasteiger partial charge in [-0.2, -0.15) is 5.10 Å². The zero-order chi connectivity index (χ0) is 31.1. The summed E-state index contributed by atoms with van der Waals surface area (Å²) < 4.78 is 7.26. The Morgan fingerprint density at radius 3 is 2.52 bits per heavy atom. The smallest absolute Gasteiger partial charge is 0.271 e. The molecular formula is C33H27Br2N5O3S. The highest BCUT2D eigenvalue weighted by atomic mass is 79.9. The predicted octanol–water partition coefficient (Wildman–Crippen LogP) is 8.48. The highest BCUT2D eigenvalue weighted by Crippen LogP contribution is 2.32. The monoisotopic (exact) mass is 731 g/mol. The van der Waals surface area contributed by atoms with Gasteiger partial charge in [-0.1, -0.05) is 58.4 Å². The molecule has 0 saturated carbocycles. The SMILES string of the molecule is Cc1cccc(NC(=O)COc2c(Br)cc(Br)cc2/C=N/NC(=O)c2ccc(-c3csc(Nc4ccccc4)n3)cc2)c1C. The number of ether oxygens (including phenoxy) is 1. The summed E-state index contributed by atoms with van der Waals surface area (Å²) in [4.78, 5) is 30.1. The van der Waals surface area contributed by atoms with Crippen molar-refractivity contribution in [2.24, 2.45) is 5.10 Å². The molecule has 11 heteroatoms. The Kier molecular flexibility index (Phi) is 10.2. The fourth-order valence-corrected chi connectivity index (χ4v) is 6.28. The lowest BCUT2D eigenvalue weighted by atomic mass is 10.1. The molecule has 5 rings (SSSR count). The first-order chi connectivity index (χ1) is 21.3. The van der Waals surface area contributed by atoms with Gasteiger partial charge in [0.25, 0.3) is 11.8 Å². The molecule has 4 aromatic carbocycles. The second kappa shape index (κ2) is 14.4. The number of aryl methyl sites for hydroxylation is 1. The van der Waals surface area contributed by atoms with Gasteiger partial charge in [-0.25, -0.2) is 10.4 Å². The first-order valence-corrected chi connectivity index (χ1v) is 15.9. The third kappa shape index (κ3) is 7.98. The predicted molar refractivity (Wildman–Crippen MR) is 184 cm³/mol. The first-order valence-electron chi connectivity index (χ1n) is 13.5. The number of amides is 2. The van der Waals surface area contributed by atoms with E-state index >= 15 is 0 Å². The van der Waals surface area contributed by atoms with Crippen molar-refractivity contribution in [2.45, 2.75) is 13.8 Å². The van der Waals surface area contributed by atoms with Crippen molar-refractivity contribution >= 4 is 77.7 Å². The van der Waals surface area contributed by atoms with E-state index in [1.54, 1.807) is 24.3 Å². The van der Waals surface area contributed by atoms with Crippen molar-refractivity contribution in [2.75, 3.05) is 17.2 Å².